The summed E-state index contributed by atoms with van der Waals surface area (Å²) in [7, 11) is 1.71. The maximum Gasteiger partial charge on any atom is 0.242 e. The summed E-state index contributed by atoms with van der Waals surface area (Å²) in [6.45, 7) is 0. The van der Waals surface area contributed by atoms with Crippen molar-refractivity contribution >= 4 is 40.7 Å². The Morgan fingerprint density at radius 2 is 1.69 bits per heavy atom. The summed E-state index contributed by atoms with van der Waals surface area (Å²) in [5.74, 6) is -0.543. The normalized spacial score (nSPS) is 11.7. The van der Waals surface area contributed by atoms with Gasteiger partial charge in [-0.25, -0.2) is 4.68 Å². The molecule has 0 saturated carbocycles. The van der Waals surface area contributed by atoms with Crippen molar-refractivity contribution in [3.05, 3.63) is 101 Å². The zero-order valence-electron chi connectivity index (χ0n) is 17.0. The number of ketones is 1. The highest BCUT2D eigenvalue weighted by Crippen LogP contribution is 2.35. The third-order valence-corrected chi connectivity index (χ3v) is 6.18. The minimum atomic E-state index is -0.642. The molecule has 1 N–H and O–H groups in total. The first-order chi connectivity index (χ1) is 15.5. The summed E-state index contributed by atoms with van der Waals surface area (Å²) >= 11 is 7.38. The number of aryl methyl sites for hydroxylation is 1. The van der Waals surface area contributed by atoms with Gasteiger partial charge in [-0.1, -0.05) is 84.0 Å². The molecule has 0 spiro atoms. The van der Waals surface area contributed by atoms with E-state index >= 15 is 0 Å². The van der Waals surface area contributed by atoms with E-state index in [9.17, 15) is 9.59 Å². The van der Waals surface area contributed by atoms with Gasteiger partial charge in [-0.2, -0.15) is 0 Å². The van der Waals surface area contributed by atoms with Crippen molar-refractivity contribution in [2.75, 3.05) is 5.32 Å². The number of amides is 1. The molecule has 0 bridgehead atoms. The third-order valence-electron chi connectivity index (χ3n) is 4.67. The Bertz CT molecular complexity index is 1250. The molecule has 0 aliphatic heterocycles. The molecule has 1 amide bonds. The molecule has 0 aliphatic rings. The highest BCUT2D eigenvalue weighted by Gasteiger charge is 2.26. The van der Waals surface area contributed by atoms with Crippen LogP contribution in [-0.2, 0) is 11.8 Å². The second-order valence-corrected chi connectivity index (χ2v) is 8.38. The number of tetrazole rings is 1. The maximum absolute atomic E-state index is 13.4. The Morgan fingerprint density at radius 1 is 1.00 bits per heavy atom. The minimum Gasteiger partial charge on any atom is -0.324 e. The summed E-state index contributed by atoms with van der Waals surface area (Å²) in [5, 5.41) is 14.6. The molecule has 1 aromatic heterocycles. The number of anilines is 1. The lowest BCUT2D eigenvalue weighted by Gasteiger charge is -2.18. The number of nitrogens with one attached hydrogen (secondary N) is 1. The van der Waals surface area contributed by atoms with Gasteiger partial charge in [0.05, 0.1) is 5.69 Å². The molecule has 0 radical (unpaired) electrons. The number of thioether (sulfide) groups is 1. The number of carbonyl (C=O) groups excluding carboxylic acids is 2. The fourth-order valence-corrected chi connectivity index (χ4v) is 4.20. The first-order valence-corrected chi connectivity index (χ1v) is 10.9. The van der Waals surface area contributed by atoms with Crippen molar-refractivity contribution in [2.24, 2.45) is 7.05 Å². The van der Waals surface area contributed by atoms with Crippen LogP contribution in [0.15, 0.2) is 84.0 Å². The van der Waals surface area contributed by atoms with E-state index in [1.54, 1.807) is 49.5 Å². The minimum absolute atomic E-state index is 0.232. The molecule has 0 fully saturated rings. The van der Waals surface area contributed by atoms with Gasteiger partial charge in [-0.3, -0.25) is 9.59 Å². The molecule has 1 unspecified atom stereocenters. The molecule has 0 saturated heterocycles. The molecular weight excluding hydrogens is 446 g/mol. The average molecular weight is 464 g/mol. The van der Waals surface area contributed by atoms with Crippen LogP contribution in [0.4, 0.5) is 5.69 Å². The summed E-state index contributed by atoms with van der Waals surface area (Å²) in [6, 6.07) is 23.0. The lowest BCUT2D eigenvalue weighted by molar-refractivity contribution is -0.115. The van der Waals surface area contributed by atoms with Gasteiger partial charge < -0.3 is 5.32 Å². The fourth-order valence-electron chi connectivity index (χ4n) is 3.08. The standard InChI is InChI=1S/C23H18ClN5O2S/c1-29-23(26-27-28-29)32-21(16-10-6-3-7-11-16)22(31)25-19-13-12-17(24)14-18(19)20(30)15-8-4-2-5-9-15/h2-14,21H,1H3,(H,25,31). The molecule has 1 heterocycles. The molecule has 4 aromatic rings. The van der Waals surface area contributed by atoms with E-state index in [1.165, 1.54) is 16.4 Å². The zero-order chi connectivity index (χ0) is 22.5. The van der Waals surface area contributed by atoms with Gasteiger partial charge in [0.15, 0.2) is 5.78 Å². The van der Waals surface area contributed by atoms with Gasteiger partial charge in [-0.15, -0.1) is 5.10 Å². The van der Waals surface area contributed by atoms with Crippen molar-refractivity contribution < 1.29 is 9.59 Å². The SMILES string of the molecule is Cn1nnnc1SC(C(=O)Nc1ccc(Cl)cc1C(=O)c1ccccc1)c1ccccc1. The van der Waals surface area contributed by atoms with Gasteiger partial charge in [-0.05, 0) is 34.2 Å². The van der Waals surface area contributed by atoms with E-state index in [-0.39, 0.29) is 11.7 Å². The smallest absolute Gasteiger partial charge is 0.242 e. The molecular formula is C23H18ClN5O2S. The van der Waals surface area contributed by atoms with Gasteiger partial charge in [0, 0.05) is 23.2 Å². The average Bonchev–Trinajstić information content (AvgIpc) is 3.23. The highest BCUT2D eigenvalue weighted by molar-refractivity contribution is 8.00. The van der Waals surface area contributed by atoms with Crippen molar-refractivity contribution in [3.8, 4) is 0 Å². The third kappa shape index (κ3) is 4.87. The number of hydrogen-bond donors (Lipinski definition) is 1. The van der Waals surface area contributed by atoms with Crippen LogP contribution in [0.2, 0.25) is 5.02 Å². The molecule has 0 aliphatic carbocycles. The number of benzene rings is 3. The second-order valence-electron chi connectivity index (χ2n) is 6.87. The lowest BCUT2D eigenvalue weighted by Crippen LogP contribution is -2.21. The van der Waals surface area contributed by atoms with Crippen LogP contribution in [0.1, 0.15) is 26.7 Å². The van der Waals surface area contributed by atoms with E-state index < -0.39 is 5.25 Å². The van der Waals surface area contributed by atoms with Gasteiger partial charge in [0.1, 0.15) is 5.25 Å². The number of hydrogen-bond acceptors (Lipinski definition) is 6. The number of aromatic nitrogens is 4. The van der Waals surface area contributed by atoms with Crippen LogP contribution >= 0.6 is 23.4 Å². The second kappa shape index (κ2) is 9.76. The van der Waals surface area contributed by atoms with Gasteiger partial charge in [0.25, 0.3) is 0 Å². The Balaban J connectivity index is 1.66. The topological polar surface area (TPSA) is 89.8 Å². The highest BCUT2D eigenvalue weighted by atomic mass is 35.5. The van der Waals surface area contributed by atoms with Crippen molar-refractivity contribution in [2.45, 2.75) is 10.4 Å². The predicted molar refractivity (Wildman–Crippen MR) is 124 cm³/mol. The molecule has 9 heteroatoms. The van der Waals surface area contributed by atoms with E-state index in [2.05, 4.69) is 20.8 Å². The van der Waals surface area contributed by atoms with Gasteiger partial charge >= 0.3 is 0 Å². The van der Waals surface area contributed by atoms with Crippen molar-refractivity contribution in [1.29, 1.82) is 0 Å². The summed E-state index contributed by atoms with van der Waals surface area (Å²) in [5.41, 5.74) is 1.98. The molecule has 32 heavy (non-hydrogen) atoms. The monoisotopic (exact) mass is 463 g/mol. The number of carbonyl (C=O) groups is 2. The predicted octanol–water partition coefficient (Wildman–Crippen LogP) is 4.57. The van der Waals surface area contributed by atoms with Crippen molar-refractivity contribution in [1.82, 2.24) is 20.2 Å². The molecule has 1 atom stereocenters. The first kappa shape index (κ1) is 21.7. The Morgan fingerprint density at radius 3 is 2.34 bits per heavy atom. The van der Waals surface area contributed by atoms with Gasteiger partial charge in [0.2, 0.25) is 11.1 Å². The zero-order valence-corrected chi connectivity index (χ0v) is 18.5. The molecule has 160 valence electrons. The number of halogens is 1. The molecule has 7 nitrogen and oxygen atoms in total. The van der Waals surface area contributed by atoms with Crippen LogP contribution in [0.25, 0.3) is 0 Å². The van der Waals surface area contributed by atoms with Crippen LogP contribution in [0.5, 0.6) is 0 Å². The van der Waals surface area contributed by atoms with E-state index in [0.717, 1.165) is 5.56 Å². The fraction of sp³-hybridized carbons (Fsp3) is 0.0870. The van der Waals surface area contributed by atoms with Crippen LogP contribution in [-0.4, -0.2) is 31.9 Å². The first-order valence-electron chi connectivity index (χ1n) is 9.67. The lowest BCUT2D eigenvalue weighted by atomic mass is 10.0. The Hall–Kier alpha value is -3.49. The summed E-state index contributed by atoms with van der Waals surface area (Å²) in [6.07, 6.45) is 0. The number of rotatable bonds is 7. The maximum atomic E-state index is 13.4. The Kier molecular flexibility index (Phi) is 6.63. The summed E-state index contributed by atoms with van der Waals surface area (Å²) < 4.78 is 1.50. The quantitative estimate of drug-likeness (QED) is 0.319. The summed E-state index contributed by atoms with van der Waals surface area (Å²) in [4.78, 5) is 26.5. The largest absolute Gasteiger partial charge is 0.324 e. The van der Waals surface area contributed by atoms with E-state index in [0.29, 0.717) is 27.0 Å². The van der Waals surface area contributed by atoms with E-state index in [1.807, 2.05) is 36.4 Å². The van der Waals surface area contributed by atoms with Crippen LogP contribution in [0.3, 0.4) is 0 Å². The number of nitrogens with zero attached hydrogens (tertiary/aromatic N) is 4. The Labute approximate surface area is 193 Å². The van der Waals surface area contributed by atoms with Crippen molar-refractivity contribution in [3.63, 3.8) is 0 Å². The van der Waals surface area contributed by atoms with Crippen LogP contribution < -0.4 is 5.32 Å². The van der Waals surface area contributed by atoms with E-state index in [4.69, 9.17) is 11.6 Å². The molecule has 4 rings (SSSR count). The van der Waals surface area contributed by atoms with Crippen LogP contribution in [0, 0.1) is 0 Å². The molecule has 3 aromatic carbocycles.